The van der Waals surface area contributed by atoms with Gasteiger partial charge in [-0.2, -0.15) is 0 Å². The number of aryl methyl sites for hydroxylation is 3. The van der Waals surface area contributed by atoms with Crippen LogP contribution in [0.25, 0.3) is 16.7 Å². The van der Waals surface area contributed by atoms with Crippen LogP contribution in [0.15, 0.2) is 54.6 Å². The highest BCUT2D eigenvalue weighted by atomic mass is 19.2. The van der Waals surface area contributed by atoms with Crippen molar-refractivity contribution in [2.24, 2.45) is 5.92 Å². The van der Waals surface area contributed by atoms with Crippen molar-refractivity contribution in [1.29, 1.82) is 0 Å². The van der Waals surface area contributed by atoms with Crippen LogP contribution in [0, 0.1) is 29.2 Å². The van der Waals surface area contributed by atoms with E-state index in [1.165, 1.54) is 5.56 Å². The van der Waals surface area contributed by atoms with Crippen molar-refractivity contribution in [2.45, 2.75) is 78.1 Å². The predicted molar refractivity (Wildman–Crippen MR) is 144 cm³/mol. The molecule has 0 N–H and O–H groups in total. The third kappa shape index (κ3) is 6.34. The summed E-state index contributed by atoms with van der Waals surface area (Å²) in [6, 6.07) is 14.4. The lowest BCUT2D eigenvalue weighted by Gasteiger charge is -2.23. The highest BCUT2D eigenvalue weighted by molar-refractivity contribution is 5.67. The molecule has 196 valence electrons. The minimum absolute atomic E-state index is 0.282. The fourth-order valence-corrected chi connectivity index (χ4v) is 5.30. The van der Waals surface area contributed by atoms with Gasteiger partial charge in [-0.25, -0.2) is 17.6 Å². The molecule has 0 fully saturated rings. The minimum Gasteiger partial charge on any atom is -0.203 e. The molecule has 1 atom stereocenters. The average Bonchev–Trinajstić information content (AvgIpc) is 2.92. The molecule has 0 aliphatic heterocycles. The van der Waals surface area contributed by atoms with E-state index in [1.54, 1.807) is 24.3 Å². The van der Waals surface area contributed by atoms with E-state index in [0.717, 1.165) is 50.5 Å². The number of unbranched alkanes of at least 4 members (excludes halogenated alkanes) is 1. The number of halogens is 4. The SMILES string of the molecule is CCCCc1ccc(C2=CCC(CCc3ccc(-c4ccc(CCC)cc4)c(F)c3F)CC2)c(F)c1F. The van der Waals surface area contributed by atoms with E-state index in [2.05, 4.69) is 6.92 Å². The Bertz CT molecular complexity index is 1240. The molecule has 4 heteroatoms. The Balaban J connectivity index is 1.38. The molecule has 0 aromatic heterocycles. The lowest BCUT2D eigenvalue weighted by molar-refractivity contribution is 0.438. The van der Waals surface area contributed by atoms with Crippen LogP contribution in [0.5, 0.6) is 0 Å². The molecule has 0 saturated carbocycles. The monoisotopic (exact) mass is 508 g/mol. The second kappa shape index (κ2) is 12.6. The Morgan fingerprint density at radius 1 is 0.676 bits per heavy atom. The van der Waals surface area contributed by atoms with Gasteiger partial charge in [-0.3, -0.25) is 0 Å². The molecule has 1 aliphatic carbocycles. The quantitative estimate of drug-likeness (QED) is 0.239. The van der Waals surface area contributed by atoms with Gasteiger partial charge in [-0.15, -0.1) is 0 Å². The Morgan fingerprint density at radius 2 is 1.32 bits per heavy atom. The summed E-state index contributed by atoms with van der Waals surface area (Å²) in [5.74, 6) is -2.76. The Morgan fingerprint density at radius 3 is 1.95 bits per heavy atom. The lowest BCUT2D eigenvalue weighted by atomic mass is 9.83. The number of hydrogen-bond donors (Lipinski definition) is 0. The first kappa shape index (κ1) is 27.2. The van der Waals surface area contributed by atoms with Crippen molar-refractivity contribution in [1.82, 2.24) is 0 Å². The van der Waals surface area contributed by atoms with Crippen LogP contribution in [0.3, 0.4) is 0 Å². The third-order valence-corrected chi connectivity index (χ3v) is 7.62. The van der Waals surface area contributed by atoms with Crippen molar-refractivity contribution in [3.05, 3.63) is 100 Å². The van der Waals surface area contributed by atoms with Crippen LogP contribution in [0.2, 0.25) is 0 Å². The van der Waals surface area contributed by atoms with Crippen molar-refractivity contribution in [3.8, 4) is 11.1 Å². The van der Waals surface area contributed by atoms with Gasteiger partial charge >= 0.3 is 0 Å². The molecule has 0 spiro atoms. The molecule has 0 amide bonds. The largest absolute Gasteiger partial charge is 0.203 e. The molecule has 4 rings (SSSR count). The molecular formula is C33H36F4. The van der Waals surface area contributed by atoms with E-state index in [9.17, 15) is 17.6 Å². The summed E-state index contributed by atoms with van der Waals surface area (Å²) in [5, 5.41) is 0. The van der Waals surface area contributed by atoms with Gasteiger partial charge in [0.25, 0.3) is 0 Å². The molecule has 3 aromatic rings. The van der Waals surface area contributed by atoms with Gasteiger partial charge in [0.15, 0.2) is 23.3 Å². The molecule has 1 aliphatic rings. The third-order valence-electron chi connectivity index (χ3n) is 7.62. The molecule has 0 saturated heterocycles. The Kier molecular flexibility index (Phi) is 9.23. The predicted octanol–water partition coefficient (Wildman–Crippen LogP) is 10.0. The maximum Gasteiger partial charge on any atom is 0.166 e. The Labute approximate surface area is 218 Å². The second-order valence-corrected chi connectivity index (χ2v) is 10.3. The first-order valence-corrected chi connectivity index (χ1v) is 13.6. The molecule has 0 heterocycles. The zero-order valence-electron chi connectivity index (χ0n) is 21.9. The van der Waals surface area contributed by atoms with Gasteiger partial charge in [0.05, 0.1) is 0 Å². The van der Waals surface area contributed by atoms with Crippen LogP contribution < -0.4 is 0 Å². The molecule has 0 nitrogen and oxygen atoms in total. The van der Waals surface area contributed by atoms with Gasteiger partial charge in [0.2, 0.25) is 0 Å². The first-order chi connectivity index (χ1) is 17.9. The summed E-state index contributed by atoms with van der Waals surface area (Å²) in [4.78, 5) is 0. The highest BCUT2D eigenvalue weighted by Crippen LogP contribution is 2.35. The summed E-state index contributed by atoms with van der Waals surface area (Å²) < 4.78 is 59.1. The van der Waals surface area contributed by atoms with Gasteiger partial charge in [0.1, 0.15) is 0 Å². The summed E-state index contributed by atoms with van der Waals surface area (Å²) in [6.45, 7) is 4.14. The van der Waals surface area contributed by atoms with Gasteiger partial charge in [0, 0.05) is 11.1 Å². The molecule has 1 unspecified atom stereocenters. The maximum absolute atomic E-state index is 14.9. The zero-order valence-corrected chi connectivity index (χ0v) is 21.9. The van der Waals surface area contributed by atoms with Crippen LogP contribution in [0.4, 0.5) is 17.6 Å². The second-order valence-electron chi connectivity index (χ2n) is 10.3. The molecule has 0 radical (unpaired) electrons. The smallest absolute Gasteiger partial charge is 0.166 e. The van der Waals surface area contributed by atoms with E-state index in [1.807, 2.05) is 37.3 Å². The summed E-state index contributed by atoms with van der Waals surface area (Å²) in [5.41, 5.74) is 4.15. The van der Waals surface area contributed by atoms with Crippen molar-refractivity contribution < 1.29 is 17.6 Å². The number of benzene rings is 3. The minimum atomic E-state index is -0.800. The van der Waals surface area contributed by atoms with Crippen molar-refractivity contribution in [3.63, 3.8) is 0 Å². The van der Waals surface area contributed by atoms with Gasteiger partial charge in [-0.05, 0) is 85.1 Å². The maximum atomic E-state index is 14.9. The normalized spacial score (nSPS) is 15.6. The summed E-state index contributed by atoms with van der Waals surface area (Å²) >= 11 is 0. The van der Waals surface area contributed by atoms with E-state index in [0.29, 0.717) is 47.4 Å². The van der Waals surface area contributed by atoms with Gasteiger partial charge in [-0.1, -0.05) is 81.3 Å². The van der Waals surface area contributed by atoms with E-state index in [4.69, 9.17) is 0 Å². The van der Waals surface area contributed by atoms with Crippen molar-refractivity contribution in [2.75, 3.05) is 0 Å². The standard InChI is InChI=1S/C33H36F4/c1-3-5-7-26-18-20-28(32(36)30(26)34)25-15-10-23(11-16-25)12-17-27-19-21-29(33(37)31(27)35)24-13-8-22(6-4-2)9-14-24/h8-9,13-15,18-21,23H,3-7,10-12,16-17H2,1-2H3. The average molecular weight is 509 g/mol. The van der Waals surface area contributed by atoms with Gasteiger partial charge < -0.3 is 0 Å². The van der Waals surface area contributed by atoms with E-state index >= 15 is 0 Å². The number of hydrogen-bond acceptors (Lipinski definition) is 0. The fourth-order valence-electron chi connectivity index (χ4n) is 5.30. The molecule has 37 heavy (non-hydrogen) atoms. The molecule has 3 aromatic carbocycles. The molecule has 0 bridgehead atoms. The lowest BCUT2D eigenvalue weighted by Crippen LogP contribution is -2.09. The van der Waals surface area contributed by atoms with Crippen LogP contribution in [0.1, 0.15) is 81.0 Å². The van der Waals surface area contributed by atoms with Crippen LogP contribution in [-0.4, -0.2) is 0 Å². The van der Waals surface area contributed by atoms with Crippen LogP contribution >= 0.6 is 0 Å². The molecular weight excluding hydrogens is 472 g/mol. The summed E-state index contributed by atoms with van der Waals surface area (Å²) in [6.07, 6.45) is 9.66. The van der Waals surface area contributed by atoms with E-state index in [-0.39, 0.29) is 5.56 Å². The van der Waals surface area contributed by atoms with E-state index < -0.39 is 23.3 Å². The fraction of sp³-hybridized carbons (Fsp3) is 0.394. The highest BCUT2D eigenvalue weighted by Gasteiger charge is 2.22. The first-order valence-electron chi connectivity index (χ1n) is 13.6. The number of rotatable bonds is 10. The number of allylic oxidation sites excluding steroid dienone is 2. The topological polar surface area (TPSA) is 0 Å². The van der Waals surface area contributed by atoms with Crippen molar-refractivity contribution >= 4 is 5.57 Å². The summed E-state index contributed by atoms with van der Waals surface area (Å²) in [7, 11) is 0. The van der Waals surface area contributed by atoms with Crippen LogP contribution in [-0.2, 0) is 19.3 Å². The Hall–Kier alpha value is -2.88. The zero-order chi connectivity index (χ0) is 26.4.